The summed E-state index contributed by atoms with van der Waals surface area (Å²) in [6.45, 7) is 0. The zero-order valence-electron chi connectivity index (χ0n) is 20.2. The Bertz CT molecular complexity index is 1500. The van der Waals surface area contributed by atoms with Gasteiger partial charge in [0.15, 0.2) is 11.6 Å². The van der Waals surface area contributed by atoms with Crippen LogP contribution in [0.3, 0.4) is 0 Å². The Morgan fingerprint density at radius 3 is 1.21 bits per heavy atom. The molecule has 5 heteroatoms. The van der Waals surface area contributed by atoms with Crippen LogP contribution in [0.2, 0.25) is 0 Å². The van der Waals surface area contributed by atoms with Gasteiger partial charge in [-0.15, -0.1) is 0 Å². The van der Waals surface area contributed by atoms with Gasteiger partial charge in [0.1, 0.15) is 23.0 Å². The predicted octanol–water partition coefficient (Wildman–Crippen LogP) is 7.60. The molecule has 0 saturated heterocycles. The van der Waals surface area contributed by atoms with Crippen LogP contribution < -0.4 is 9.47 Å². The van der Waals surface area contributed by atoms with Gasteiger partial charge in [0.05, 0.1) is 11.6 Å². The molecule has 0 radical (unpaired) electrons. The van der Waals surface area contributed by atoms with Crippen LogP contribution in [0.4, 0.5) is 0 Å². The van der Waals surface area contributed by atoms with Crippen molar-refractivity contribution in [2.75, 3.05) is 0 Å². The highest BCUT2D eigenvalue weighted by molar-refractivity contribution is 6.13. The monoisotopic (exact) mass is 495 g/mol. The topological polar surface area (TPSA) is 76.4 Å². The van der Waals surface area contributed by atoms with E-state index < -0.39 is 0 Å². The second kappa shape index (κ2) is 11.1. The molecule has 0 aliphatic carbocycles. The second-order valence-corrected chi connectivity index (χ2v) is 8.45. The summed E-state index contributed by atoms with van der Waals surface area (Å²) in [6, 6.07) is 38.7. The van der Waals surface area contributed by atoms with E-state index in [0.717, 1.165) is 0 Å². The van der Waals surface area contributed by atoms with Crippen LogP contribution in [-0.2, 0) is 0 Å². The molecule has 0 spiro atoms. The van der Waals surface area contributed by atoms with Crippen molar-refractivity contribution in [1.82, 2.24) is 0 Å². The fraction of sp³-hybridized carbons (Fsp3) is 0. The highest BCUT2D eigenvalue weighted by Crippen LogP contribution is 2.25. The fourth-order valence-corrected chi connectivity index (χ4v) is 3.89. The van der Waals surface area contributed by atoms with Crippen molar-refractivity contribution in [2.24, 2.45) is 0 Å². The minimum Gasteiger partial charge on any atom is -0.457 e. The Kier molecular flexibility index (Phi) is 7.06. The predicted molar refractivity (Wildman–Crippen MR) is 144 cm³/mol. The van der Waals surface area contributed by atoms with Crippen molar-refractivity contribution in [3.05, 3.63) is 155 Å². The van der Waals surface area contributed by atoms with Gasteiger partial charge in [0.2, 0.25) is 0 Å². The number of hydrogen-bond donors (Lipinski definition) is 0. The third-order valence-electron chi connectivity index (χ3n) is 5.78. The zero-order valence-corrected chi connectivity index (χ0v) is 20.2. The van der Waals surface area contributed by atoms with E-state index in [1.54, 1.807) is 48.5 Å². The Hall–Kier alpha value is -5.47. The second-order valence-electron chi connectivity index (χ2n) is 8.45. The summed E-state index contributed by atoms with van der Waals surface area (Å²) in [5, 5.41) is 9.54. The number of ketones is 2. The highest BCUT2D eigenvalue weighted by atomic mass is 16.5. The number of rotatable bonds is 8. The lowest BCUT2D eigenvalue weighted by Gasteiger charge is -2.09. The number of hydrogen-bond acceptors (Lipinski definition) is 5. The molecule has 0 heterocycles. The van der Waals surface area contributed by atoms with Crippen LogP contribution >= 0.6 is 0 Å². The molecule has 0 saturated carbocycles. The Morgan fingerprint density at radius 2 is 0.842 bits per heavy atom. The summed E-state index contributed by atoms with van der Waals surface area (Å²) in [5.41, 5.74) is 1.58. The smallest absolute Gasteiger partial charge is 0.193 e. The molecule has 0 bridgehead atoms. The maximum absolute atomic E-state index is 13.2. The molecule has 5 rings (SSSR count). The van der Waals surface area contributed by atoms with Crippen molar-refractivity contribution >= 4 is 11.6 Å². The maximum atomic E-state index is 13.2. The first kappa shape index (κ1) is 24.2. The summed E-state index contributed by atoms with van der Waals surface area (Å²) in [4.78, 5) is 26.5. The number of ether oxygens (including phenoxy) is 2. The van der Waals surface area contributed by atoms with Crippen molar-refractivity contribution in [3.8, 4) is 29.1 Å². The molecule has 0 aliphatic heterocycles. The van der Waals surface area contributed by atoms with Gasteiger partial charge in [0, 0.05) is 22.3 Å². The van der Waals surface area contributed by atoms with Gasteiger partial charge in [0.25, 0.3) is 0 Å². The number of benzene rings is 5. The number of para-hydroxylation sites is 2. The molecule has 0 unspecified atom stereocenters. The Balaban J connectivity index is 1.35. The lowest BCUT2D eigenvalue weighted by Crippen LogP contribution is -2.07. The lowest BCUT2D eigenvalue weighted by molar-refractivity contribution is 0.103. The Labute approximate surface area is 220 Å². The van der Waals surface area contributed by atoms with E-state index in [2.05, 4.69) is 0 Å². The molecule has 38 heavy (non-hydrogen) atoms. The lowest BCUT2D eigenvalue weighted by atomic mass is 9.95. The van der Waals surface area contributed by atoms with Gasteiger partial charge >= 0.3 is 0 Å². The summed E-state index contributed by atoms with van der Waals surface area (Å²) in [6.07, 6.45) is 0. The molecule has 5 aromatic carbocycles. The molecule has 0 fully saturated rings. The molecule has 0 atom stereocenters. The molecule has 0 aromatic heterocycles. The first-order chi connectivity index (χ1) is 18.6. The van der Waals surface area contributed by atoms with E-state index in [1.165, 1.54) is 18.2 Å². The summed E-state index contributed by atoms with van der Waals surface area (Å²) in [7, 11) is 0. The minimum absolute atomic E-state index is 0.229. The van der Waals surface area contributed by atoms with Crippen LogP contribution in [0.1, 0.15) is 37.4 Å². The molecular weight excluding hydrogens is 474 g/mol. The molecule has 0 aliphatic rings. The summed E-state index contributed by atoms with van der Waals surface area (Å²) in [5.74, 6) is 1.97. The van der Waals surface area contributed by atoms with E-state index in [-0.39, 0.29) is 28.3 Å². The number of carbonyl (C=O) groups excluding carboxylic acids is 2. The zero-order chi connectivity index (χ0) is 26.3. The normalized spacial score (nSPS) is 10.3. The van der Waals surface area contributed by atoms with Gasteiger partial charge < -0.3 is 9.47 Å². The molecule has 0 N–H and O–H groups in total. The van der Waals surface area contributed by atoms with Gasteiger partial charge in [-0.25, -0.2) is 0 Å². The van der Waals surface area contributed by atoms with Crippen LogP contribution in [0.5, 0.6) is 23.0 Å². The van der Waals surface area contributed by atoms with E-state index in [0.29, 0.717) is 34.1 Å². The van der Waals surface area contributed by atoms with Crippen molar-refractivity contribution in [3.63, 3.8) is 0 Å². The molecule has 5 aromatic rings. The summed E-state index contributed by atoms with van der Waals surface area (Å²) >= 11 is 0. The van der Waals surface area contributed by atoms with Crippen molar-refractivity contribution in [1.29, 1.82) is 5.26 Å². The van der Waals surface area contributed by atoms with E-state index in [4.69, 9.17) is 9.47 Å². The van der Waals surface area contributed by atoms with Crippen LogP contribution in [0.15, 0.2) is 127 Å². The maximum Gasteiger partial charge on any atom is 0.193 e. The number of carbonyl (C=O) groups is 2. The quantitative estimate of drug-likeness (QED) is 0.207. The third-order valence-corrected chi connectivity index (χ3v) is 5.78. The Morgan fingerprint density at radius 1 is 0.474 bits per heavy atom. The van der Waals surface area contributed by atoms with Crippen molar-refractivity contribution < 1.29 is 19.1 Å². The average Bonchev–Trinajstić information content (AvgIpc) is 2.98. The largest absolute Gasteiger partial charge is 0.457 e. The molecule has 0 amide bonds. The van der Waals surface area contributed by atoms with Crippen LogP contribution in [-0.4, -0.2) is 11.6 Å². The SMILES string of the molecule is N#Cc1cc(C(=O)c2ccc(Oc3ccccc3)cc2)cc(C(=O)c2ccc(Oc3ccccc3)cc2)c1. The minimum atomic E-state index is -0.297. The number of nitrogens with zero attached hydrogens (tertiary/aromatic N) is 1. The van der Waals surface area contributed by atoms with Gasteiger partial charge in [-0.3, -0.25) is 9.59 Å². The van der Waals surface area contributed by atoms with Gasteiger partial charge in [-0.1, -0.05) is 36.4 Å². The van der Waals surface area contributed by atoms with Crippen LogP contribution in [0.25, 0.3) is 0 Å². The van der Waals surface area contributed by atoms with Gasteiger partial charge in [-0.05, 0) is 91.0 Å². The van der Waals surface area contributed by atoms with E-state index in [1.807, 2.05) is 66.7 Å². The van der Waals surface area contributed by atoms with E-state index >= 15 is 0 Å². The number of nitriles is 1. The fourth-order valence-electron chi connectivity index (χ4n) is 3.89. The highest BCUT2D eigenvalue weighted by Gasteiger charge is 2.16. The third kappa shape index (κ3) is 5.67. The van der Waals surface area contributed by atoms with Crippen LogP contribution in [0, 0.1) is 11.3 Å². The summed E-state index contributed by atoms with van der Waals surface area (Å²) < 4.78 is 11.6. The molecular formula is C33H21NO4. The standard InChI is InChI=1S/C33H21NO4/c34-22-23-19-26(32(35)24-11-15-30(16-12-24)37-28-7-3-1-4-8-28)21-27(20-23)33(36)25-13-17-31(18-14-25)38-29-9-5-2-6-10-29/h1-21H. The first-order valence-electron chi connectivity index (χ1n) is 11.9. The van der Waals surface area contributed by atoms with Gasteiger partial charge in [-0.2, -0.15) is 5.26 Å². The average molecular weight is 496 g/mol. The molecule has 5 nitrogen and oxygen atoms in total. The molecule has 182 valence electrons. The first-order valence-corrected chi connectivity index (χ1v) is 11.9. The van der Waals surface area contributed by atoms with E-state index in [9.17, 15) is 14.9 Å². The van der Waals surface area contributed by atoms with Crippen molar-refractivity contribution in [2.45, 2.75) is 0 Å².